The first-order valence-corrected chi connectivity index (χ1v) is 6.84. The number of hydrogen-bond donors (Lipinski definition) is 1. The van der Waals surface area contributed by atoms with Gasteiger partial charge in [-0.1, -0.05) is 0 Å². The summed E-state index contributed by atoms with van der Waals surface area (Å²) in [4.78, 5) is 0. The van der Waals surface area contributed by atoms with Crippen molar-refractivity contribution in [1.82, 2.24) is 20.0 Å². The van der Waals surface area contributed by atoms with Gasteiger partial charge in [-0.15, -0.1) is 5.10 Å². The number of rotatable bonds is 4. The first-order chi connectivity index (χ1) is 10.5. The van der Waals surface area contributed by atoms with Crippen molar-refractivity contribution in [3.05, 3.63) is 23.5 Å². The molecule has 0 aliphatic carbocycles. The van der Waals surface area contributed by atoms with E-state index in [1.165, 1.54) is 11.8 Å². The lowest BCUT2D eigenvalue weighted by Crippen LogP contribution is -2.37. The highest BCUT2D eigenvalue weighted by Gasteiger charge is 2.36. The molecule has 0 atom stereocenters. The number of halogens is 3. The summed E-state index contributed by atoms with van der Waals surface area (Å²) < 4.78 is 45.4. The Labute approximate surface area is 131 Å². The van der Waals surface area contributed by atoms with Gasteiger partial charge < -0.3 is 10.5 Å². The standard InChI is InChI=1S/C14H18F3N5O/c1-8-5-9(12(23-4)20-19-8)10-6-11(14(15,16)17)21-22(10)7-13(2,3)18/h5-6H,7,18H2,1-4H3. The van der Waals surface area contributed by atoms with E-state index in [0.717, 1.165) is 6.07 Å². The smallest absolute Gasteiger partial charge is 0.435 e. The molecular formula is C14H18F3N5O. The predicted octanol–water partition coefficient (Wildman–Crippen LogP) is 2.41. The lowest BCUT2D eigenvalue weighted by atomic mass is 10.1. The monoisotopic (exact) mass is 329 g/mol. The molecule has 126 valence electrons. The Morgan fingerprint density at radius 3 is 2.39 bits per heavy atom. The third kappa shape index (κ3) is 3.98. The van der Waals surface area contributed by atoms with Gasteiger partial charge in [-0.2, -0.15) is 23.4 Å². The van der Waals surface area contributed by atoms with Crippen molar-refractivity contribution in [1.29, 1.82) is 0 Å². The fourth-order valence-electron chi connectivity index (χ4n) is 2.09. The van der Waals surface area contributed by atoms with Gasteiger partial charge in [-0.3, -0.25) is 4.68 Å². The third-order valence-corrected chi connectivity index (χ3v) is 2.98. The van der Waals surface area contributed by atoms with Crippen LogP contribution >= 0.6 is 0 Å². The SMILES string of the molecule is COc1nnc(C)cc1-c1cc(C(F)(F)F)nn1CC(C)(C)N. The van der Waals surface area contributed by atoms with Crippen LogP contribution in [0.4, 0.5) is 13.2 Å². The van der Waals surface area contributed by atoms with E-state index in [1.54, 1.807) is 26.8 Å². The number of aryl methyl sites for hydroxylation is 1. The van der Waals surface area contributed by atoms with E-state index in [1.807, 2.05) is 0 Å². The van der Waals surface area contributed by atoms with Crippen LogP contribution in [0.1, 0.15) is 25.2 Å². The molecule has 0 aliphatic rings. The molecular weight excluding hydrogens is 311 g/mol. The second kappa shape index (κ2) is 5.80. The summed E-state index contributed by atoms with van der Waals surface area (Å²) in [6.07, 6.45) is -4.55. The second-order valence-corrected chi connectivity index (χ2v) is 5.97. The van der Waals surface area contributed by atoms with Gasteiger partial charge in [-0.05, 0) is 32.9 Å². The van der Waals surface area contributed by atoms with Crippen LogP contribution in [-0.4, -0.2) is 32.6 Å². The average Bonchev–Trinajstić information content (AvgIpc) is 2.80. The van der Waals surface area contributed by atoms with Crippen LogP contribution in [0, 0.1) is 6.92 Å². The molecule has 0 fully saturated rings. The lowest BCUT2D eigenvalue weighted by molar-refractivity contribution is -0.141. The molecule has 2 N–H and O–H groups in total. The molecule has 2 aromatic rings. The summed E-state index contributed by atoms with van der Waals surface area (Å²) in [7, 11) is 1.38. The molecule has 0 aliphatic heterocycles. The van der Waals surface area contributed by atoms with E-state index in [4.69, 9.17) is 10.5 Å². The van der Waals surface area contributed by atoms with Gasteiger partial charge in [0.2, 0.25) is 5.88 Å². The molecule has 0 radical (unpaired) electrons. The molecule has 2 aromatic heterocycles. The van der Waals surface area contributed by atoms with Gasteiger partial charge in [0.05, 0.1) is 30.6 Å². The van der Waals surface area contributed by atoms with Crippen LogP contribution in [-0.2, 0) is 12.7 Å². The maximum Gasteiger partial charge on any atom is 0.435 e. The molecule has 2 heterocycles. The molecule has 0 aromatic carbocycles. The maximum atomic E-state index is 13.0. The highest BCUT2D eigenvalue weighted by atomic mass is 19.4. The molecule has 0 saturated heterocycles. The number of hydrogen-bond acceptors (Lipinski definition) is 5. The number of ether oxygens (including phenoxy) is 1. The molecule has 0 spiro atoms. The Morgan fingerprint density at radius 1 is 1.22 bits per heavy atom. The summed E-state index contributed by atoms with van der Waals surface area (Å²) in [6.45, 7) is 5.20. The molecule has 0 bridgehead atoms. The van der Waals surface area contributed by atoms with Gasteiger partial charge in [0.15, 0.2) is 5.69 Å². The Kier molecular flexibility index (Phi) is 4.34. The van der Waals surface area contributed by atoms with Gasteiger partial charge >= 0.3 is 6.18 Å². The first kappa shape index (κ1) is 17.2. The summed E-state index contributed by atoms with van der Waals surface area (Å²) in [5.41, 5.74) is 5.36. The minimum Gasteiger partial charge on any atom is -0.479 e. The van der Waals surface area contributed by atoms with Crippen LogP contribution in [0.2, 0.25) is 0 Å². The van der Waals surface area contributed by atoms with Crippen LogP contribution < -0.4 is 10.5 Å². The van der Waals surface area contributed by atoms with E-state index in [9.17, 15) is 13.2 Å². The first-order valence-electron chi connectivity index (χ1n) is 6.84. The molecule has 9 heteroatoms. The normalized spacial score (nSPS) is 12.5. The quantitative estimate of drug-likeness (QED) is 0.932. The van der Waals surface area contributed by atoms with Crippen LogP contribution in [0.15, 0.2) is 12.1 Å². The van der Waals surface area contributed by atoms with Gasteiger partial charge in [-0.25, -0.2) is 0 Å². The average molecular weight is 329 g/mol. The summed E-state index contributed by atoms with van der Waals surface area (Å²) in [5, 5.41) is 11.4. The van der Waals surface area contributed by atoms with Gasteiger partial charge in [0, 0.05) is 5.54 Å². The van der Waals surface area contributed by atoms with Crippen molar-refractivity contribution in [3.8, 4) is 17.1 Å². The van der Waals surface area contributed by atoms with Crippen molar-refractivity contribution >= 4 is 0 Å². The summed E-state index contributed by atoms with van der Waals surface area (Å²) in [5.74, 6) is 0.125. The van der Waals surface area contributed by atoms with Crippen LogP contribution in [0.5, 0.6) is 5.88 Å². The van der Waals surface area contributed by atoms with E-state index in [0.29, 0.717) is 11.3 Å². The zero-order chi connectivity index (χ0) is 17.4. The van der Waals surface area contributed by atoms with Crippen molar-refractivity contribution in [2.24, 2.45) is 5.73 Å². The molecule has 0 amide bonds. The molecule has 0 unspecified atom stereocenters. The van der Waals surface area contributed by atoms with Gasteiger partial charge in [0.1, 0.15) is 0 Å². The molecule has 0 saturated carbocycles. The highest BCUT2D eigenvalue weighted by Crippen LogP contribution is 2.35. The zero-order valence-corrected chi connectivity index (χ0v) is 13.3. The Hall–Kier alpha value is -2.16. The van der Waals surface area contributed by atoms with E-state index < -0.39 is 17.4 Å². The Balaban J connectivity index is 2.65. The minimum atomic E-state index is -4.55. The number of aromatic nitrogens is 4. The molecule has 6 nitrogen and oxygen atoms in total. The third-order valence-electron chi connectivity index (χ3n) is 2.98. The zero-order valence-electron chi connectivity index (χ0n) is 13.3. The fraction of sp³-hybridized carbons (Fsp3) is 0.500. The highest BCUT2D eigenvalue weighted by molar-refractivity contribution is 5.66. The molecule has 23 heavy (non-hydrogen) atoms. The summed E-state index contributed by atoms with van der Waals surface area (Å²) >= 11 is 0. The fourth-order valence-corrected chi connectivity index (χ4v) is 2.09. The van der Waals surface area contributed by atoms with Crippen molar-refractivity contribution in [3.63, 3.8) is 0 Å². The summed E-state index contributed by atoms with van der Waals surface area (Å²) in [6, 6.07) is 2.56. The van der Waals surface area contributed by atoms with Crippen molar-refractivity contribution < 1.29 is 17.9 Å². The largest absolute Gasteiger partial charge is 0.479 e. The van der Waals surface area contributed by atoms with E-state index >= 15 is 0 Å². The molecule has 2 rings (SSSR count). The van der Waals surface area contributed by atoms with Crippen molar-refractivity contribution in [2.75, 3.05) is 7.11 Å². The predicted molar refractivity (Wildman–Crippen MR) is 77.8 cm³/mol. The van der Waals surface area contributed by atoms with Gasteiger partial charge in [0.25, 0.3) is 0 Å². The Bertz CT molecular complexity index is 703. The van der Waals surface area contributed by atoms with Crippen LogP contribution in [0.25, 0.3) is 11.3 Å². The minimum absolute atomic E-state index is 0.100. The second-order valence-electron chi connectivity index (χ2n) is 5.97. The van der Waals surface area contributed by atoms with Crippen LogP contribution in [0.3, 0.4) is 0 Å². The number of methoxy groups -OCH3 is 1. The number of nitrogens with two attached hydrogens (primary N) is 1. The number of alkyl halides is 3. The Morgan fingerprint density at radius 2 is 1.87 bits per heavy atom. The van der Waals surface area contributed by atoms with E-state index in [-0.39, 0.29) is 18.1 Å². The maximum absolute atomic E-state index is 13.0. The lowest BCUT2D eigenvalue weighted by Gasteiger charge is -2.20. The van der Waals surface area contributed by atoms with Crippen molar-refractivity contribution in [2.45, 2.75) is 39.0 Å². The number of nitrogens with zero attached hydrogens (tertiary/aromatic N) is 4. The topological polar surface area (TPSA) is 78.9 Å². The van der Waals surface area contributed by atoms with E-state index in [2.05, 4.69) is 15.3 Å².